The number of hydrogen-bond acceptors (Lipinski definition) is 5. The monoisotopic (exact) mass is 362 g/mol. The van der Waals surface area contributed by atoms with Gasteiger partial charge in [0.25, 0.3) is 10.1 Å². The molecule has 0 spiro atoms. The lowest BCUT2D eigenvalue weighted by Gasteiger charge is -2.15. The minimum atomic E-state index is -4.22. The van der Waals surface area contributed by atoms with Crippen LogP contribution in [0.3, 0.4) is 0 Å². The van der Waals surface area contributed by atoms with Crippen molar-refractivity contribution in [2.75, 3.05) is 0 Å². The van der Waals surface area contributed by atoms with Gasteiger partial charge in [-0.1, -0.05) is 27.7 Å². The van der Waals surface area contributed by atoms with Gasteiger partial charge < -0.3 is 5.11 Å². The van der Waals surface area contributed by atoms with Gasteiger partial charge in [-0.05, 0) is 59.4 Å². The molecule has 0 atom stereocenters. The molecule has 2 aromatic rings. The Morgan fingerprint density at radius 3 is 1.68 bits per heavy atom. The van der Waals surface area contributed by atoms with Gasteiger partial charge in [0.2, 0.25) is 0 Å². The van der Waals surface area contributed by atoms with Crippen molar-refractivity contribution in [3.63, 3.8) is 0 Å². The van der Waals surface area contributed by atoms with E-state index < -0.39 is 10.1 Å². The van der Waals surface area contributed by atoms with Crippen molar-refractivity contribution in [3.8, 4) is 5.75 Å². The summed E-state index contributed by atoms with van der Waals surface area (Å²) in [6, 6.07) is 9.03. The van der Waals surface area contributed by atoms with Gasteiger partial charge in [0.15, 0.2) is 0 Å². The molecule has 2 N–H and O–H groups in total. The van der Waals surface area contributed by atoms with Crippen LogP contribution in [0.25, 0.3) is 0 Å². The summed E-state index contributed by atoms with van der Waals surface area (Å²) in [7, 11) is -4.22. The van der Waals surface area contributed by atoms with Gasteiger partial charge in [0.05, 0.1) is 16.3 Å². The number of azo groups is 1. The van der Waals surface area contributed by atoms with Gasteiger partial charge >= 0.3 is 0 Å². The molecule has 25 heavy (non-hydrogen) atoms. The molecule has 0 heterocycles. The van der Waals surface area contributed by atoms with E-state index in [4.69, 9.17) is 4.55 Å². The molecule has 134 valence electrons. The van der Waals surface area contributed by atoms with E-state index >= 15 is 0 Å². The van der Waals surface area contributed by atoms with E-state index in [1.807, 2.05) is 27.7 Å². The molecule has 2 aromatic carbocycles. The Bertz CT molecular complexity index is 857. The van der Waals surface area contributed by atoms with E-state index in [9.17, 15) is 13.5 Å². The van der Waals surface area contributed by atoms with Crippen LogP contribution in [0, 0.1) is 0 Å². The fourth-order valence-corrected chi connectivity index (χ4v) is 2.88. The SMILES string of the molecule is CC(C)c1cc(/N=N/c2ccc(S(=O)(=O)O)cc2)cc(C(C)C)c1O. The van der Waals surface area contributed by atoms with Crippen molar-refractivity contribution in [1.29, 1.82) is 0 Å². The molecule has 0 saturated heterocycles. The molecule has 0 radical (unpaired) electrons. The lowest BCUT2D eigenvalue weighted by Crippen LogP contribution is -1.96. The van der Waals surface area contributed by atoms with Crippen molar-refractivity contribution >= 4 is 21.5 Å². The van der Waals surface area contributed by atoms with E-state index in [1.165, 1.54) is 24.3 Å². The van der Waals surface area contributed by atoms with Gasteiger partial charge in [-0.15, -0.1) is 0 Å². The number of aromatic hydroxyl groups is 1. The highest BCUT2D eigenvalue weighted by atomic mass is 32.2. The Morgan fingerprint density at radius 1 is 0.840 bits per heavy atom. The van der Waals surface area contributed by atoms with E-state index in [0.29, 0.717) is 17.1 Å². The third kappa shape index (κ3) is 4.64. The molecule has 0 saturated carbocycles. The predicted octanol–water partition coefficient (Wildman–Crippen LogP) is 5.30. The summed E-state index contributed by atoms with van der Waals surface area (Å²) >= 11 is 0. The number of phenolic OH excluding ortho intramolecular Hbond substituents is 1. The fourth-order valence-electron chi connectivity index (χ4n) is 2.40. The summed E-state index contributed by atoms with van der Waals surface area (Å²) in [4.78, 5) is -0.194. The average molecular weight is 362 g/mol. The van der Waals surface area contributed by atoms with Crippen LogP contribution in [0.15, 0.2) is 51.5 Å². The molecule has 2 rings (SSSR count). The summed E-state index contributed by atoms with van der Waals surface area (Å²) in [5, 5.41) is 18.7. The van der Waals surface area contributed by atoms with Crippen LogP contribution in [0.5, 0.6) is 5.75 Å². The molecule has 0 aliphatic rings. The molecule has 0 fully saturated rings. The highest BCUT2D eigenvalue weighted by molar-refractivity contribution is 7.85. The minimum Gasteiger partial charge on any atom is -0.507 e. The largest absolute Gasteiger partial charge is 0.507 e. The number of benzene rings is 2. The van der Waals surface area contributed by atoms with Crippen LogP contribution in [-0.2, 0) is 10.1 Å². The van der Waals surface area contributed by atoms with Crippen LogP contribution in [0.4, 0.5) is 11.4 Å². The van der Waals surface area contributed by atoms with E-state index in [0.717, 1.165) is 11.1 Å². The van der Waals surface area contributed by atoms with Crippen LogP contribution in [0.1, 0.15) is 50.7 Å². The standard InChI is InChI=1S/C18H22N2O4S/c1-11(2)16-9-14(10-17(12(3)4)18(16)21)20-19-13-5-7-15(8-6-13)25(22,23)24/h5-12,21H,1-4H3,(H,22,23,24)/b20-19+. The van der Waals surface area contributed by atoms with Crippen LogP contribution in [0.2, 0.25) is 0 Å². The Hall–Kier alpha value is -2.25. The number of rotatable bonds is 5. The quantitative estimate of drug-likeness (QED) is 0.557. The third-order valence-electron chi connectivity index (χ3n) is 3.81. The zero-order chi connectivity index (χ0) is 18.8. The van der Waals surface area contributed by atoms with Crippen LogP contribution < -0.4 is 0 Å². The Labute approximate surface area is 148 Å². The number of nitrogens with zero attached hydrogens (tertiary/aromatic N) is 2. The second kappa shape index (κ2) is 7.33. The summed E-state index contributed by atoms with van der Waals surface area (Å²) in [5.74, 6) is 0.574. The van der Waals surface area contributed by atoms with E-state index in [2.05, 4.69) is 10.2 Å². The number of hydrogen-bond donors (Lipinski definition) is 2. The van der Waals surface area contributed by atoms with Crippen molar-refractivity contribution in [1.82, 2.24) is 0 Å². The van der Waals surface area contributed by atoms with Crippen molar-refractivity contribution in [2.24, 2.45) is 10.2 Å². The molecule has 0 bridgehead atoms. The molecule has 7 heteroatoms. The molecule has 0 amide bonds. The van der Waals surface area contributed by atoms with E-state index in [1.54, 1.807) is 12.1 Å². The maximum Gasteiger partial charge on any atom is 0.294 e. The third-order valence-corrected chi connectivity index (χ3v) is 4.68. The topological polar surface area (TPSA) is 99.3 Å². The summed E-state index contributed by atoms with van der Waals surface area (Å²) in [6.45, 7) is 7.98. The Morgan fingerprint density at radius 2 is 1.28 bits per heavy atom. The molecular weight excluding hydrogens is 340 g/mol. The minimum absolute atomic E-state index is 0.140. The zero-order valence-electron chi connectivity index (χ0n) is 14.6. The fraction of sp³-hybridized carbons (Fsp3) is 0.333. The lowest BCUT2D eigenvalue weighted by molar-refractivity contribution is 0.454. The first-order valence-corrected chi connectivity index (χ1v) is 9.39. The van der Waals surface area contributed by atoms with Gasteiger partial charge in [-0.25, -0.2) is 0 Å². The first-order chi connectivity index (χ1) is 11.6. The highest BCUT2D eigenvalue weighted by Crippen LogP contribution is 2.37. The van der Waals surface area contributed by atoms with E-state index in [-0.39, 0.29) is 16.7 Å². The Balaban J connectivity index is 2.37. The molecule has 6 nitrogen and oxygen atoms in total. The van der Waals surface area contributed by atoms with Crippen molar-refractivity contribution in [2.45, 2.75) is 44.4 Å². The van der Waals surface area contributed by atoms with Crippen LogP contribution in [-0.4, -0.2) is 18.1 Å². The van der Waals surface area contributed by atoms with Gasteiger partial charge in [-0.3, -0.25) is 4.55 Å². The zero-order valence-corrected chi connectivity index (χ0v) is 15.4. The average Bonchev–Trinajstić information content (AvgIpc) is 2.52. The van der Waals surface area contributed by atoms with Gasteiger partial charge in [-0.2, -0.15) is 18.6 Å². The normalized spacial score (nSPS) is 12.4. The smallest absolute Gasteiger partial charge is 0.294 e. The van der Waals surface area contributed by atoms with Crippen molar-refractivity contribution in [3.05, 3.63) is 47.5 Å². The molecule has 0 aliphatic heterocycles. The summed E-state index contributed by atoms with van der Waals surface area (Å²) in [6.07, 6.45) is 0. The molecule has 0 aliphatic carbocycles. The summed E-state index contributed by atoms with van der Waals surface area (Å²) in [5.41, 5.74) is 2.69. The molecule has 0 aromatic heterocycles. The van der Waals surface area contributed by atoms with Crippen molar-refractivity contribution < 1.29 is 18.1 Å². The number of phenols is 1. The first kappa shape index (κ1) is 19.1. The van der Waals surface area contributed by atoms with Gasteiger partial charge in [0.1, 0.15) is 5.75 Å². The Kier molecular flexibility index (Phi) is 5.59. The maximum absolute atomic E-state index is 11.0. The summed E-state index contributed by atoms with van der Waals surface area (Å²) < 4.78 is 31.0. The van der Waals surface area contributed by atoms with Crippen LogP contribution >= 0.6 is 0 Å². The second-order valence-electron chi connectivity index (χ2n) is 6.45. The highest BCUT2D eigenvalue weighted by Gasteiger charge is 2.15. The van der Waals surface area contributed by atoms with Gasteiger partial charge in [0, 0.05) is 0 Å². The first-order valence-electron chi connectivity index (χ1n) is 7.95. The lowest BCUT2D eigenvalue weighted by atomic mass is 9.93. The molecular formula is C18H22N2O4S. The maximum atomic E-state index is 11.0. The molecule has 0 unspecified atom stereocenters. The predicted molar refractivity (Wildman–Crippen MR) is 96.7 cm³/mol. The second-order valence-corrected chi connectivity index (χ2v) is 7.87.